The molecule has 1 aliphatic rings. The van der Waals surface area contributed by atoms with E-state index in [1.165, 1.54) is 0 Å². The first kappa shape index (κ1) is 25.9. The van der Waals surface area contributed by atoms with E-state index >= 15 is 0 Å². The van der Waals surface area contributed by atoms with E-state index in [0.717, 1.165) is 61.4 Å². The van der Waals surface area contributed by atoms with Gasteiger partial charge < -0.3 is 32.0 Å². The normalized spacial score (nSPS) is 17.9. The van der Waals surface area contributed by atoms with Crippen LogP contribution in [-0.4, -0.2) is 64.7 Å². The third kappa shape index (κ3) is 6.31. The molecule has 3 atom stereocenters. The van der Waals surface area contributed by atoms with Crippen molar-refractivity contribution >= 4 is 17.0 Å². The number of aromatic nitrogens is 3. The van der Waals surface area contributed by atoms with Crippen LogP contribution in [0.3, 0.4) is 0 Å². The van der Waals surface area contributed by atoms with Gasteiger partial charge in [0.2, 0.25) is 0 Å². The van der Waals surface area contributed by atoms with Crippen LogP contribution in [0.1, 0.15) is 49.9 Å². The predicted octanol–water partition coefficient (Wildman–Crippen LogP) is 1.62. The van der Waals surface area contributed by atoms with Gasteiger partial charge in [-0.1, -0.05) is 19.1 Å². The molecule has 10 nitrogen and oxygen atoms in total. The Morgan fingerprint density at radius 2 is 2.06 bits per heavy atom. The van der Waals surface area contributed by atoms with Gasteiger partial charge in [-0.05, 0) is 69.1 Å². The molecule has 0 amide bonds. The van der Waals surface area contributed by atoms with E-state index in [-0.39, 0.29) is 17.7 Å². The number of guanidine groups is 1. The Balaban J connectivity index is 1.41. The SMILES string of the molecule is C[C@H](CN)CN1CC[C@@H](c2cc3cn(-c4ccc([C@H](C)NCCCNC(=N)N)cc4)c(=O)nc3[nH]2)C1. The highest BCUT2D eigenvalue weighted by molar-refractivity contribution is 5.76. The van der Waals surface area contributed by atoms with Gasteiger partial charge in [0.1, 0.15) is 5.65 Å². The minimum Gasteiger partial charge on any atom is -0.370 e. The number of likely N-dealkylation sites (tertiary alicyclic amines) is 1. The molecular formula is C26H39N9O. The molecule has 0 spiro atoms. The fraction of sp³-hybridized carbons (Fsp3) is 0.500. The van der Waals surface area contributed by atoms with E-state index < -0.39 is 0 Å². The fourth-order valence-corrected chi connectivity index (χ4v) is 4.86. The minimum atomic E-state index is -0.294. The van der Waals surface area contributed by atoms with E-state index in [1.807, 2.05) is 30.5 Å². The van der Waals surface area contributed by atoms with E-state index in [9.17, 15) is 4.79 Å². The number of hydrogen-bond donors (Lipinski definition) is 6. The molecule has 2 aromatic heterocycles. The van der Waals surface area contributed by atoms with Crippen molar-refractivity contribution < 1.29 is 0 Å². The highest BCUT2D eigenvalue weighted by atomic mass is 16.1. The molecule has 8 N–H and O–H groups in total. The van der Waals surface area contributed by atoms with Crippen LogP contribution >= 0.6 is 0 Å². The summed E-state index contributed by atoms with van der Waals surface area (Å²) < 4.78 is 1.61. The Hall–Kier alpha value is -3.21. The van der Waals surface area contributed by atoms with Crippen molar-refractivity contribution in [2.45, 2.75) is 38.6 Å². The Labute approximate surface area is 212 Å². The predicted molar refractivity (Wildman–Crippen MR) is 145 cm³/mol. The molecule has 10 heteroatoms. The van der Waals surface area contributed by atoms with Crippen molar-refractivity contribution in [2.75, 3.05) is 39.3 Å². The molecule has 3 heterocycles. The zero-order valence-electron chi connectivity index (χ0n) is 21.3. The van der Waals surface area contributed by atoms with Crippen LogP contribution in [-0.2, 0) is 0 Å². The van der Waals surface area contributed by atoms with Gasteiger partial charge in [-0.15, -0.1) is 0 Å². The molecule has 1 aliphatic heterocycles. The average molecular weight is 494 g/mol. The third-order valence-corrected chi connectivity index (χ3v) is 7.00. The molecule has 194 valence electrons. The Kier molecular flexibility index (Phi) is 8.40. The highest BCUT2D eigenvalue weighted by Crippen LogP contribution is 2.29. The van der Waals surface area contributed by atoms with Crippen LogP contribution < -0.4 is 27.8 Å². The topological polar surface area (TPSA) is 154 Å². The van der Waals surface area contributed by atoms with Crippen molar-refractivity contribution in [1.82, 2.24) is 30.1 Å². The summed E-state index contributed by atoms with van der Waals surface area (Å²) in [5.41, 5.74) is 14.5. The maximum absolute atomic E-state index is 12.8. The first-order valence-corrected chi connectivity index (χ1v) is 12.8. The number of rotatable bonds is 11. The zero-order valence-corrected chi connectivity index (χ0v) is 21.3. The van der Waals surface area contributed by atoms with Crippen LogP contribution in [0.2, 0.25) is 0 Å². The lowest BCUT2D eigenvalue weighted by molar-refractivity contribution is 0.288. The molecule has 0 bridgehead atoms. The second kappa shape index (κ2) is 11.7. The molecule has 1 aromatic carbocycles. The summed E-state index contributed by atoms with van der Waals surface area (Å²) in [6.45, 7) is 9.58. The molecular weight excluding hydrogens is 454 g/mol. The molecule has 0 unspecified atom stereocenters. The summed E-state index contributed by atoms with van der Waals surface area (Å²) >= 11 is 0. The quantitative estimate of drug-likeness (QED) is 0.135. The van der Waals surface area contributed by atoms with Crippen LogP contribution in [0.4, 0.5) is 0 Å². The van der Waals surface area contributed by atoms with Crippen molar-refractivity contribution in [1.29, 1.82) is 5.41 Å². The van der Waals surface area contributed by atoms with Gasteiger partial charge in [-0.3, -0.25) is 9.98 Å². The maximum atomic E-state index is 12.8. The van der Waals surface area contributed by atoms with E-state index in [1.54, 1.807) is 4.57 Å². The van der Waals surface area contributed by atoms with Crippen LogP contribution in [0.25, 0.3) is 16.7 Å². The number of nitrogens with zero attached hydrogens (tertiary/aromatic N) is 3. The van der Waals surface area contributed by atoms with Gasteiger partial charge >= 0.3 is 5.69 Å². The van der Waals surface area contributed by atoms with Crippen LogP contribution in [0, 0.1) is 11.3 Å². The van der Waals surface area contributed by atoms with Gasteiger partial charge in [0.25, 0.3) is 0 Å². The molecule has 3 aromatic rings. The standard InChI is InChI=1S/C26H39N9O/c1-17(13-27)14-34-11-8-20(15-34)23-12-21-16-35(26(36)33-24(21)32-23)22-6-4-19(5-7-22)18(2)30-9-3-10-31-25(28)29/h4-7,12,16-18,20,30H,3,8-11,13-15,27H2,1-2H3,(H4,28,29,31)(H,32,33,36)/t17-,18+,20-/m1/s1. The first-order valence-electron chi connectivity index (χ1n) is 12.8. The molecule has 0 radical (unpaired) electrons. The summed E-state index contributed by atoms with van der Waals surface area (Å²) in [6.07, 6.45) is 3.84. The Morgan fingerprint density at radius 1 is 1.28 bits per heavy atom. The van der Waals surface area contributed by atoms with Crippen molar-refractivity contribution in [3.05, 3.63) is 58.3 Å². The molecule has 4 rings (SSSR count). The summed E-state index contributed by atoms with van der Waals surface area (Å²) in [5.74, 6) is 0.908. The molecule has 1 fully saturated rings. The number of hydrogen-bond acceptors (Lipinski definition) is 6. The second-order valence-corrected chi connectivity index (χ2v) is 9.97. The number of benzene rings is 1. The Bertz CT molecular complexity index is 1220. The number of H-pyrrole nitrogens is 1. The van der Waals surface area contributed by atoms with Crippen molar-refractivity contribution in [3.63, 3.8) is 0 Å². The summed E-state index contributed by atoms with van der Waals surface area (Å²) in [7, 11) is 0. The lowest BCUT2D eigenvalue weighted by Crippen LogP contribution is -2.32. The lowest BCUT2D eigenvalue weighted by atomic mass is 10.1. The average Bonchev–Trinajstić information content (AvgIpc) is 3.49. The smallest absolute Gasteiger partial charge is 0.354 e. The van der Waals surface area contributed by atoms with E-state index in [4.69, 9.17) is 16.9 Å². The maximum Gasteiger partial charge on any atom is 0.354 e. The van der Waals surface area contributed by atoms with E-state index in [0.29, 0.717) is 30.6 Å². The van der Waals surface area contributed by atoms with Crippen LogP contribution in [0.15, 0.2) is 41.3 Å². The zero-order chi connectivity index (χ0) is 25.7. The summed E-state index contributed by atoms with van der Waals surface area (Å²) in [5, 5.41) is 14.4. The third-order valence-electron chi connectivity index (χ3n) is 7.00. The van der Waals surface area contributed by atoms with Gasteiger partial charge in [0, 0.05) is 48.9 Å². The number of aromatic amines is 1. The Morgan fingerprint density at radius 3 is 2.78 bits per heavy atom. The number of nitrogens with one attached hydrogen (secondary N) is 4. The monoisotopic (exact) mass is 493 g/mol. The fourth-order valence-electron chi connectivity index (χ4n) is 4.86. The van der Waals surface area contributed by atoms with Crippen molar-refractivity contribution in [3.8, 4) is 5.69 Å². The van der Waals surface area contributed by atoms with Gasteiger partial charge in [0.05, 0.1) is 5.69 Å². The summed E-state index contributed by atoms with van der Waals surface area (Å²) in [4.78, 5) is 23.0. The largest absolute Gasteiger partial charge is 0.370 e. The summed E-state index contributed by atoms with van der Waals surface area (Å²) in [6, 6.07) is 10.3. The highest BCUT2D eigenvalue weighted by Gasteiger charge is 2.26. The van der Waals surface area contributed by atoms with Gasteiger partial charge in [0.15, 0.2) is 5.96 Å². The minimum absolute atomic E-state index is 0.00408. The number of nitrogens with two attached hydrogens (primary N) is 2. The molecule has 36 heavy (non-hydrogen) atoms. The lowest BCUT2D eigenvalue weighted by Gasteiger charge is -2.19. The van der Waals surface area contributed by atoms with Crippen LogP contribution in [0.5, 0.6) is 0 Å². The second-order valence-electron chi connectivity index (χ2n) is 9.97. The van der Waals surface area contributed by atoms with Crippen molar-refractivity contribution in [2.24, 2.45) is 17.4 Å². The van der Waals surface area contributed by atoms with Gasteiger partial charge in [-0.25, -0.2) is 4.79 Å². The first-order chi connectivity index (χ1) is 17.3. The molecule has 0 aliphatic carbocycles. The number of fused-ring (bicyclic) bond motifs is 1. The van der Waals surface area contributed by atoms with Gasteiger partial charge in [-0.2, -0.15) is 4.98 Å². The molecule has 1 saturated heterocycles. The van der Waals surface area contributed by atoms with E-state index in [2.05, 4.69) is 45.4 Å². The molecule has 0 saturated carbocycles.